The summed E-state index contributed by atoms with van der Waals surface area (Å²) in [6, 6.07) is 11.8. The predicted octanol–water partition coefficient (Wildman–Crippen LogP) is 3.07. The fourth-order valence-corrected chi connectivity index (χ4v) is 2.44. The van der Waals surface area contributed by atoms with Gasteiger partial charge in [0, 0.05) is 29.3 Å². The Morgan fingerprint density at radius 3 is 2.75 bits per heavy atom. The van der Waals surface area contributed by atoms with E-state index in [-0.39, 0.29) is 5.84 Å². The summed E-state index contributed by atoms with van der Waals surface area (Å²) in [5.41, 5.74) is 8.30. The van der Waals surface area contributed by atoms with E-state index in [0.717, 1.165) is 22.5 Å². The molecule has 0 aliphatic carbocycles. The molecule has 0 spiro atoms. The second-order valence-corrected chi connectivity index (χ2v) is 5.67. The Kier molecular flexibility index (Phi) is 4.39. The second kappa shape index (κ2) is 6.05. The largest absolute Gasteiger partial charge is 0.384 e. The number of halogens is 1. The van der Waals surface area contributed by atoms with Gasteiger partial charge >= 0.3 is 0 Å². The third kappa shape index (κ3) is 3.57. The van der Waals surface area contributed by atoms with Crippen LogP contribution in [0.1, 0.15) is 16.8 Å². The molecule has 0 amide bonds. The summed E-state index contributed by atoms with van der Waals surface area (Å²) >= 11 is 3.47. The van der Waals surface area contributed by atoms with E-state index in [0.29, 0.717) is 5.56 Å². The molecule has 0 aliphatic heterocycles. The number of aromatic nitrogens is 1. The highest BCUT2D eigenvalue weighted by Gasteiger charge is 2.08. The fraction of sp³-hybridized carbons (Fsp3) is 0.200. The summed E-state index contributed by atoms with van der Waals surface area (Å²) < 4.78 is 1.06. The van der Waals surface area contributed by atoms with E-state index in [1.165, 1.54) is 5.56 Å². The monoisotopic (exact) mass is 332 g/mol. The van der Waals surface area contributed by atoms with E-state index >= 15 is 0 Å². The van der Waals surface area contributed by atoms with Crippen molar-refractivity contribution >= 4 is 27.6 Å². The SMILES string of the molecule is Cc1cc(C(=N)N)cc(N(C)Cc2cccc(Br)c2)n1. The number of rotatable bonds is 4. The molecule has 5 heteroatoms. The smallest absolute Gasteiger partial charge is 0.129 e. The fourth-order valence-electron chi connectivity index (χ4n) is 1.99. The van der Waals surface area contributed by atoms with Crippen molar-refractivity contribution in [1.29, 1.82) is 5.41 Å². The maximum absolute atomic E-state index is 7.54. The predicted molar refractivity (Wildman–Crippen MR) is 86.2 cm³/mol. The molecule has 1 heterocycles. The maximum Gasteiger partial charge on any atom is 0.129 e. The zero-order chi connectivity index (χ0) is 14.7. The van der Waals surface area contributed by atoms with Crippen LogP contribution < -0.4 is 10.6 Å². The molecule has 20 heavy (non-hydrogen) atoms. The lowest BCUT2D eigenvalue weighted by Crippen LogP contribution is -2.20. The van der Waals surface area contributed by atoms with Crippen LogP contribution >= 0.6 is 15.9 Å². The molecule has 0 saturated carbocycles. The summed E-state index contributed by atoms with van der Waals surface area (Å²) in [7, 11) is 1.98. The topological polar surface area (TPSA) is 66.0 Å². The number of nitrogen functional groups attached to an aromatic ring is 1. The minimum Gasteiger partial charge on any atom is -0.384 e. The zero-order valence-electron chi connectivity index (χ0n) is 11.5. The standard InChI is InChI=1S/C15H17BrN4/c1-10-6-12(15(17)18)8-14(19-10)20(2)9-11-4-3-5-13(16)7-11/h3-8H,9H2,1-2H3,(H3,17,18). The van der Waals surface area contributed by atoms with Gasteiger partial charge in [-0.15, -0.1) is 0 Å². The van der Waals surface area contributed by atoms with Crippen LogP contribution in [0.3, 0.4) is 0 Å². The van der Waals surface area contributed by atoms with Crippen molar-refractivity contribution in [2.24, 2.45) is 5.73 Å². The van der Waals surface area contributed by atoms with E-state index in [1.54, 1.807) is 0 Å². The van der Waals surface area contributed by atoms with Gasteiger partial charge in [0.25, 0.3) is 0 Å². The number of benzene rings is 1. The first kappa shape index (κ1) is 14.5. The molecule has 0 atom stereocenters. The van der Waals surface area contributed by atoms with Crippen LogP contribution in [0.4, 0.5) is 5.82 Å². The van der Waals surface area contributed by atoms with Gasteiger partial charge < -0.3 is 10.6 Å². The van der Waals surface area contributed by atoms with Gasteiger partial charge in [0.2, 0.25) is 0 Å². The normalized spacial score (nSPS) is 10.3. The Balaban J connectivity index is 2.25. The maximum atomic E-state index is 7.54. The molecule has 0 saturated heterocycles. The molecular formula is C15H17BrN4. The van der Waals surface area contributed by atoms with Gasteiger partial charge in [0.1, 0.15) is 11.7 Å². The van der Waals surface area contributed by atoms with Crippen LogP contribution in [-0.4, -0.2) is 17.9 Å². The number of anilines is 1. The highest BCUT2D eigenvalue weighted by molar-refractivity contribution is 9.10. The number of hydrogen-bond acceptors (Lipinski definition) is 3. The lowest BCUT2D eigenvalue weighted by molar-refractivity contribution is 0.891. The molecule has 2 aromatic rings. The van der Waals surface area contributed by atoms with Crippen molar-refractivity contribution in [3.63, 3.8) is 0 Å². The minimum atomic E-state index is 0.0626. The Labute approximate surface area is 127 Å². The van der Waals surface area contributed by atoms with Crippen LogP contribution in [0, 0.1) is 12.3 Å². The van der Waals surface area contributed by atoms with Crippen LogP contribution in [0.15, 0.2) is 40.9 Å². The summed E-state index contributed by atoms with van der Waals surface area (Å²) in [4.78, 5) is 6.54. The molecule has 104 valence electrons. The summed E-state index contributed by atoms with van der Waals surface area (Å²) in [6.07, 6.45) is 0. The summed E-state index contributed by atoms with van der Waals surface area (Å²) in [5, 5.41) is 7.54. The molecule has 1 aromatic carbocycles. The van der Waals surface area contributed by atoms with E-state index in [1.807, 2.05) is 43.1 Å². The van der Waals surface area contributed by atoms with E-state index in [9.17, 15) is 0 Å². The Hall–Kier alpha value is -1.88. The number of nitrogens with zero attached hydrogens (tertiary/aromatic N) is 2. The van der Waals surface area contributed by atoms with Crippen molar-refractivity contribution in [3.05, 3.63) is 57.7 Å². The lowest BCUT2D eigenvalue weighted by Gasteiger charge is -2.19. The Morgan fingerprint density at radius 1 is 1.35 bits per heavy atom. The van der Waals surface area contributed by atoms with Crippen LogP contribution in [-0.2, 0) is 6.54 Å². The van der Waals surface area contributed by atoms with Crippen molar-refractivity contribution in [3.8, 4) is 0 Å². The summed E-state index contributed by atoms with van der Waals surface area (Å²) in [6.45, 7) is 2.65. The molecule has 0 bridgehead atoms. The summed E-state index contributed by atoms with van der Waals surface area (Å²) in [5.74, 6) is 0.878. The minimum absolute atomic E-state index is 0.0626. The Bertz CT molecular complexity index is 640. The quantitative estimate of drug-likeness (QED) is 0.667. The molecule has 0 aliphatic rings. The molecule has 1 aromatic heterocycles. The molecule has 3 N–H and O–H groups in total. The van der Waals surface area contributed by atoms with Crippen LogP contribution in [0.5, 0.6) is 0 Å². The second-order valence-electron chi connectivity index (χ2n) is 4.76. The van der Waals surface area contributed by atoms with Gasteiger partial charge in [-0.05, 0) is 36.8 Å². The third-order valence-corrected chi connectivity index (χ3v) is 3.44. The third-order valence-electron chi connectivity index (χ3n) is 2.95. The molecule has 4 nitrogen and oxygen atoms in total. The first-order valence-electron chi connectivity index (χ1n) is 6.24. The molecule has 0 radical (unpaired) electrons. The number of aryl methyl sites for hydroxylation is 1. The van der Waals surface area contributed by atoms with Crippen molar-refractivity contribution in [2.75, 3.05) is 11.9 Å². The first-order chi connectivity index (χ1) is 9.45. The van der Waals surface area contributed by atoms with Gasteiger partial charge in [-0.2, -0.15) is 0 Å². The van der Waals surface area contributed by atoms with Crippen molar-refractivity contribution in [2.45, 2.75) is 13.5 Å². The molecule has 0 unspecified atom stereocenters. The van der Waals surface area contributed by atoms with Crippen molar-refractivity contribution < 1.29 is 0 Å². The van der Waals surface area contributed by atoms with E-state index < -0.39 is 0 Å². The average molecular weight is 333 g/mol. The van der Waals surface area contributed by atoms with E-state index in [2.05, 4.69) is 33.0 Å². The average Bonchev–Trinajstić information content (AvgIpc) is 2.37. The van der Waals surface area contributed by atoms with E-state index in [4.69, 9.17) is 11.1 Å². The number of amidine groups is 1. The highest BCUT2D eigenvalue weighted by Crippen LogP contribution is 2.18. The molecule has 2 rings (SSSR count). The lowest BCUT2D eigenvalue weighted by atomic mass is 10.2. The number of pyridine rings is 1. The Morgan fingerprint density at radius 2 is 2.10 bits per heavy atom. The number of nitrogens with one attached hydrogen (secondary N) is 1. The van der Waals surface area contributed by atoms with Gasteiger partial charge in [-0.3, -0.25) is 5.41 Å². The van der Waals surface area contributed by atoms with Gasteiger partial charge in [0.15, 0.2) is 0 Å². The van der Waals surface area contributed by atoms with Crippen LogP contribution in [0.25, 0.3) is 0 Å². The number of nitrogens with two attached hydrogens (primary N) is 1. The first-order valence-corrected chi connectivity index (χ1v) is 7.03. The van der Waals surface area contributed by atoms with Gasteiger partial charge in [-0.1, -0.05) is 28.1 Å². The van der Waals surface area contributed by atoms with Gasteiger partial charge in [-0.25, -0.2) is 4.98 Å². The van der Waals surface area contributed by atoms with Gasteiger partial charge in [0.05, 0.1) is 0 Å². The highest BCUT2D eigenvalue weighted by atomic mass is 79.9. The molecular weight excluding hydrogens is 316 g/mol. The van der Waals surface area contributed by atoms with Crippen molar-refractivity contribution in [1.82, 2.24) is 4.98 Å². The number of hydrogen-bond donors (Lipinski definition) is 2. The zero-order valence-corrected chi connectivity index (χ0v) is 13.1. The molecule has 0 fully saturated rings. The van der Waals surface area contributed by atoms with Crippen LogP contribution in [0.2, 0.25) is 0 Å².